The van der Waals surface area contributed by atoms with E-state index < -0.39 is 0 Å². The fraction of sp³-hybridized carbons (Fsp3) is 0.579. The summed E-state index contributed by atoms with van der Waals surface area (Å²) in [6.07, 6.45) is 10.9. The zero-order valence-electron chi connectivity index (χ0n) is 14.5. The molecule has 0 bridgehead atoms. The molecule has 0 atom stereocenters. The van der Waals surface area contributed by atoms with Gasteiger partial charge in [0.25, 0.3) is 0 Å². The molecule has 2 aromatic rings. The lowest BCUT2D eigenvalue weighted by atomic mass is 10.1. The van der Waals surface area contributed by atoms with Crippen molar-refractivity contribution in [3.8, 4) is 11.4 Å². The summed E-state index contributed by atoms with van der Waals surface area (Å²) in [4.78, 5) is 4.59. The molecule has 0 saturated carbocycles. The second-order valence-electron chi connectivity index (χ2n) is 6.16. The number of aromatic nitrogens is 3. The average Bonchev–Trinajstić information content (AvgIpc) is 3.02. The van der Waals surface area contributed by atoms with Crippen LogP contribution < -0.4 is 0 Å². The van der Waals surface area contributed by atoms with Crippen LogP contribution in [0.15, 0.2) is 29.4 Å². The van der Waals surface area contributed by atoms with E-state index in [9.17, 15) is 0 Å². The molecule has 4 heteroatoms. The Morgan fingerprint density at radius 3 is 2.48 bits per heavy atom. The molecule has 0 aliphatic rings. The van der Waals surface area contributed by atoms with Crippen LogP contribution in [0.3, 0.4) is 0 Å². The monoisotopic (exact) mass is 331 g/mol. The van der Waals surface area contributed by atoms with Crippen LogP contribution in [0.4, 0.5) is 0 Å². The molecule has 0 fully saturated rings. The predicted octanol–water partition coefficient (Wildman–Crippen LogP) is 6.01. The van der Waals surface area contributed by atoms with Crippen LogP contribution in [0.25, 0.3) is 11.4 Å². The molecule has 2 rings (SSSR count). The van der Waals surface area contributed by atoms with Gasteiger partial charge in [-0.05, 0) is 19.4 Å². The maximum Gasteiger partial charge on any atom is 0.208 e. The summed E-state index contributed by atoms with van der Waals surface area (Å²) in [6, 6.07) is 8.35. The molecule has 0 aliphatic heterocycles. The number of rotatable bonds is 11. The number of thioether (sulfide) groups is 1. The van der Waals surface area contributed by atoms with Crippen LogP contribution in [-0.4, -0.2) is 20.9 Å². The predicted molar refractivity (Wildman–Crippen MR) is 99.9 cm³/mol. The van der Waals surface area contributed by atoms with Crippen LogP contribution in [0, 0.1) is 6.92 Å². The fourth-order valence-electron chi connectivity index (χ4n) is 2.63. The summed E-state index contributed by atoms with van der Waals surface area (Å²) in [7, 11) is 0. The highest BCUT2D eigenvalue weighted by molar-refractivity contribution is 7.99. The lowest BCUT2D eigenvalue weighted by molar-refractivity contribution is 0.586. The minimum Gasteiger partial charge on any atom is -0.258 e. The Labute approximate surface area is 144 Å². The molecule has 1 aromatic heterocycles. The van der Waals surface area contributed by atoms with Crippen molar-refractivity contribution in [1.82, 2.24) is 15.2 Å². The molecule has 0 radical (unpaired) electrons. The summed E-state index contributed by atoms with van der Waals surface area (Å²) >= 11 is 1.76. The van der Waals surface area contributed by atoms with Gasteiger partial charge in [0.2, 0.25) is 5.16 Å². The lowest BCUT2D eigenvalue weighted by Crippen LogP contribution is -1.85. The second-order valence-corrected chi connectivity index (χ2v) is 7.22. The highest BCUT2D eigenvalue weighted by Gasteiger charge is 2.06. The highest BCUT2D eigenvalue weighted by Crippen LogP contribution is 2.21. The van der Waals surface area contributed by atoms with Gasteiger partial charge in [-0.1, -0.05) is 87.4 Å². The largest absolute Gasteiger partial charge is 0.258 e. The molecular weight excluding hydrogens is 302 g/mol. The summed E-state index contributed by atoms with van der Waals surface area (Å²) in [5.41, 5.74) is 2.35. The number of hydrogen-bond acceptors (Lipinski definition) is 3. The van der Waals surface area contributed by atoms with Gasteiger partial charge in [0.1, 0.15) is 0 Å². The van der Waals surface area contributed by atoms with Crippen LogP contribution in [0.2, 0.25) is 0 Å². The van der Waals surface area contributed by atoms with E-state index in [1.807, 2.05) is 0 Å². The molecule has 0 aliphatic carbocycles. The van der Waals surface area contributed by atoms with Crippen molar-refractivity contribution in [2.45, 2.75) is 70.4 Å². The third-order valence-corrected chi connectivity index (χ3v) is 4.92. The van der Waals surface area contributed by atoms with Crippen LogP contribution >= 0.6 is 11.8 Å². The van der Waals surface area contributed by atoms with Gasteiger partial charge < -0.3 is 0 Å². The van der Waals surface area contributed by atoms with Crippen molar-refractivity contribution in [2.24, 2.45) is 0 Å². The van der Waals surface area contributed by atoms with E-state index in [0.29, 0.717) is 0 Å². The van der Waals surface area contributed by atoms with E-state index in [1.165, 1.54) is 56.9 Å². The number of nitrogens with one attached hydrogen (secondary N) is 1. The molecule has 0 saturated heterocycles. The Bertz CT molecular complexity index is 565. The number of aryl methyl sites for hydroxylation is 1. The zero-order valence-corrected chi connectivity index (χ0v) is 15.3. The quantitative estimate of drug-likeness (QED) is 0.405. The first-order valence-corrected chi connectivity index (χ1v) is 9.90. The van der Waals surface area contributed by atoms with Gasteiger partial charge in [-0.15, -0.1) is 5.10 Å². The molecule has 1 aromatic carbocycles. The summed E-state index contributed by atoms with van der Waals surface area (Å²) in [5.74, 6) is 1.98. The number of aromatic amines is 1. The highest BCUT2D eigenvalue weighted by atomic mass is 32.2. The van der Waals surface area contributed by atoms with Crippen molar-refractivity contribution in [3.63, 3.8) is 0 Å². The van der Waals surface area contributed by atoms with Gasteiger partial charge in [-0.2, -0.15) is 0 Å². The fourth-order valence-corrected chi connectivity index (χ4v) is 3.43. The second kappa shape index (κ2) is 10.5. The zero-order chi connectivity index (χ0) is 16.3. The minimum absolute atomic E-state index is 0.865. The van der Waals surface area contributed by atoms with Gasteiger partial charge in [0, 0.05) is 11.3 Å². The number of hydrogen-bond donors (Lipinski definition) is 1. The standard InChI is InChI=1S/C19H29N3S/c1-3-4-5-6-7-8-9-10-14-23-19-20-18(21-22-19)17-13-11-12-16(2)15-17/h11-13,15H,3-10,14H2,1-2H3,(H,20,21,22). The van der Waals surface area contributed by atoms with Crippen molar-refractivity contribution in [1.29, 1.82) is 0 Å². The molecular formula is C19H29N3S. The van der Waals surface area contributed by atoms with E-state index >= 15 is 0 Å². The number of H-pyrrole nitrogens is 1. The minimum atomic E-state index is 0.865. The molecule has 0 unspecified atom stereocenters. The van der Waals surface area contributed by atoms with Gasteiger partial charge in [-0.25, -0.2) is 4.98 Å². The van der Waals surface area contributed by atoms with Crippen molar-refractivity contribution in [3.05, 3.63) is 29.8 Å². The maximum absolute atomic E-state index is 4.59. The van der Waals surface area contributed by atoms with Crippen molar-refractivity contribution in [2.75, 3.05) is 5.75 Å². The number of unbranched alkanes of at least 4 members (excludes halogenated alkanes) is 7. The van der Waals surface area contributed by atoms with Crippen molar-refractivity contribution >= 4 is 11.8 Å². The molecule has 1 heterocycles. The van der Waals surface area contributed by atoms with Crippen LogP contribution in [0.1, 0.15) is 63.9 Å². The van der Waals surface area contributed by atoms with E-state index in [0.717, 1.165) is 22.3 Å². The van der Waals surface area contributed by atoms with Gasteiger partial charge in [-0.3, -0.25) is 5.10 Å². The number of benzene rings is 1. The SMILES string of the molecule is CCCCCCCCCCSc1n[nH]c(-c2cccc(C)c2)n1. The van der Waals surface area contributed by atoms with E-state index in [-0.39, 0.29) is 0 Å². The summed E-state index contributed by atoms with van der Waals surface area (Å²) < 4.78 is 0. The van der Waals surface area contributed by atoms with Crippen LogP contribution in [-0.2, 0) is 0 Å². The first-order valence-electron chi connectivity index (χ1n) is 8.92. The Morgan fingerprint density at radius 1 is 1.00 bits per heavy atom. The normalized spacial score (nSPS) is 11.0. The topological polar surface area (TPSA) is 41.6 Å². The van der Waals surface area contributed by atoms with Crippen LogP contribution in [0.5, 0.6) is 0 Å². The maximum atomic E-state index is 4.59. The smallest absolute Gasteiger partial charge is 0.208 e. The Balaban J connectivity index is 1.62. The van der Waals surface area contributed by atoms with Gasteiger partial charge >= 0.3 is 0 Å². The molecule has 0 spiro atoms. The third kappa shape index (κ3) is 6.78. The molecule has 0 amide bonds. The van der Waals surface area contributed by atoms with E-state index in [2.05, 4.69) is 53.3 Å². The Kier molecular flexibility index (Phi) is 8.23. The summed E-state index contributed by atoms with van der Waals surface area (Å²) in [6.45, 7) is 4.36. The first kappa shape index (κ1) is 18.1. The van der Waals surface area contributed by atoms with Gasteiger partial charge in [0.15, 0.2) is 5.82 Å². The molecule has 126 valence electrons. The average molecular weight is 332 g/mol. The molecule has 23 heavy (non-hydrogen) atoms. The Morgan fingerprint density at radius 2 is 1.74 bits per heavy atom. The number of nitrogens with zero attached hydrogens (tertiary/aromatic N) is 2. The van der Waals surface area contributed by atoms with Gasteiger partial charge in [0.05, 0.1) is 0 Å². The van der Waals surface area contributed by atoms with Crippen molar-refractivity contribution < 1.29 is 0 Å². The Hall–Kier alpha value is -1.29. The van der Waals surface area contributed by atoms with E-state index in [1.54, 1.807) is 11.8 Å². The van der Waals surface area contributed by atoms with E-state index in [4.69, 9.17) is 0 Å². The molecule has 1 N–H and O–H groups in total. The third-order valence-electron chi connectivity index (χ3n) is 3.99. The molecule has 3 nitrogen and oxygen atoms in total. The summed E-state index contributed by atoms with van der Waals surface area (Å²) in [5, 5.41) is 8.23. The first-order chi connectivity index (χ1) is 11.3. The lowest BCUT2D eigenvalue weighted by Gasteiger charge is -2.00.